The molecule has 1 aromatic carbocycles. The summed E-state index contributed by atoms with van der Waals surface area (Å²) in [5, 5.41) is 10.9. The van der Waals surface area contributed by atoms with Gasteiger partial charge in [-0.3, -0.25) is 10.1 Å². The maximum absolute atomic E-state index is 13.4. The average Bonchev–Trinajstić information content (AvgIpc) is 2.38. The van der Waals surface area contributed by atoms with Crippen LogP contribution in [0.2, 0.25) is 0 Å². The van der Waals surface area contributed by atoms with Gasteiger partial charge in [-0.15, -0.1) is 0 Å². The maximum Gasteiger partial charge on any atom is 0.417 e. The zero-order valence-corrected chi connectivity index (χ0v) is 10.9. The molecule has 0 radical (unpaired) electrons. The second-order valence-electron chi connectivity index (χ2n) is 3.83. The normalized spacial score (nSPS) is 11.4. The van der Waals surface area contributed by atoms with Gasteiger partial charge in [-0.1, -0.05) is 17.8 Å². The topological polar surface area (TPSA) is 56.0 Å². The first kappa shape index (κ1) is 15.2. The van der Waals surface area contributed by atoms with Crippen LogP contribution in [-0.4, -0.2) is 9.91 Å². The number of aromatic nitrogens is 1. The van der Waals surface area contributed by atoms with E-state index in [4.69, 9.17) is 0 Å². The molecule has 1 aromatic heterocycles. The SMILES string of the molecule is O=[N+]([O-])c1c(F)cccc1Sc1ccc(C(F)(F)F)cn1. The molecule has 2 rings (SSSR count). The van der Waals surface area contributed by atoms with Crippen LogP contribution >= 0.6 is 11.8 Å². The largest absolute Gasteiger partial charge is 0.417 e. The van der Waals surface area contributed by atoms with E-state index in [-0.39, 0.29) is 9.92 Å². The predicted octanol–water partition coefficient (Wildman–Crippen LogP) is 4.30. The molecule has 21 heavy (non-hydrogen) atoms. The van der Waals surface area contributed by atoms with Crippen LogP contribution in [0.1, 0.15) is 5.56 Å². The Morgan fingerprint density at radius 2 is 1.90 bits per heavy atom. The summed E-state index contributed by atoms with van der Waals surface area (Å²) in [4.78, 5) is 13.4. The van der Waals surface area contributed by atoms with Crippen molar-refractivity contribution >= 4 is 17.4 Å². The fourth-order valence-electron chi connectivity index (χ4n) is 1.48. The van der Waals surface area contributed by atoms with E-state index in [1.54, 1.807) is 0 Å². The van der Waals surface area contributed by atoms with Crippen molar-refractivity contribution in [1.82, 2.24) is 4.98 Å². The first-order chi connectivity index (χ1) is 9.79. The van der Waals surface area contributed by atoms with Crippen LogP contribution in [0.4, 0.5) is 23.2 Å². The lowest BCUT2D eigenvalue weighted by Gasteiger charge is -2.07. The number of pyridine rings is 1. The van der Waals surface area contributed by atoms with E-state index < -0.39 is 28.2 Å². The summed E-state index contributed by atoms with van der Waals surface area (Å²) >= 11 is 0.716. The number of benzene rings is 1. The van der Waals surface area contributed by atoms with Gasteiger partial charge in [0.05, 0.1) is 15.4 Å². The van der Waals surface area contributed by atoms with Crippen LogP contribution < -0.4 is 0 Å². The van der Waals surface area contributed by atoms with Crippen molar-refractivity contribution in [3.05, 3.63) is 58.0 Å². The van der Waals surface area contributed by atoms with E-state index in [1.807, 2.05) is 0 Å². The van der Waals surface area contributed by atoms with Crippen molar-refractivity contribution in [2.75, 3.05) is 0 Å². The number of hydrogen-bond donors (Lipinski definition) is 0. The molecule has 0 amide bonds. The molecule has 110 valence electrons. The maximum atomic E-state index is 13.4. The van der Waals surface area contributed by atoms with Crippen molar-refractivity contribution < 1.29 is 22.5 Å². The zero-order valence-electron chi connectivity index (χ0n) is 10.1. The zero-order chi connectivity index (χ0) is 15.6. The third-order valence-corrected chi connectivity index (χ3v) is 3.41. The molecule has 4 nitrogen and oxygen atoms in total. The lowest BCUT2D eigenvalue weighted by molar-refractivity contribution is -0.390. The average molecular weight is 318 g/mol. The lowest BCUT2D eigenvalue weighted by atomic mass is 10.3. The smallest absolute Gasteiger partial charge is 0.258 e. The van der Waals surface area contributed by atoms with Crippen LogP contribution in [-0.2, 0) is 6.18 Å². The van der Waals surface area contributed by atoms with Crippen molar-refractivity contribution in [1.29, 1.82) is 0 Å². The van der Waals surface area contributed by atoms with Gasteiger partial charge in [0, 0.05) is 6.20 Å². The molecule has 0 fully saturated rings. The van der Waals surface area contributed by atoms with Crippen molar-refractivity contribution in [2.24, 2.45) is 0 Å². The molecule has 0 saturated heterocycles. The first-order valence-electron chi connectivity index (χ1n) is 5.43. The summed E-state index contributed by atoms with van der Waals surface area (Å²) in [6.45, 7) is 0. The van der Waals surface area contributed by atoms with E-state index in [0.29, 0.717) is 18.0 Å². The molecule has 0 unspecified atom stereocenters. The summed E-state index contributed by atoms with van der Waals surface area (Å²) in [5.41, 5.74) is -1.66. The quantitative estimate of drug-likeness (QED) is 0.481. The molecule has 2 aromatic rings. The van der Waals surface area contributed by atoms with Crippen LogP contribution in [0.25, 0.3) is 0 Å². The summed E-state index contributed by atoms with van der Waals surface area (Å²) in [6, 6.07) is 5.38. The van der Waals surface area contributed by atoms with Gasteiger partial charge in [0.2, 0.25) is 5.82 Å². The van der Waals surface area contributed by atoms with Crippen molar-refractivity contribution in [3.8, 4) is 0 Å². The fourth-order valence-corrected chi connectivity index (χ4v) is 2.36. The minimum Gasteiger partial charge on any atom is -0.258 e. The highest BCUT2D eigenvalue weighted by atomic mass is 32.2. The third-order valence-electron chi connectivity index (χ3n) is 2.41. The molecule has 0 atom stereocenters. The van der Waals surface area contributed by atoms with Gasteiger partial charge in [-0.25, -0.2) is 4.98 Å². The third kappa shape index (κ3) is 3.48. The van der Waals surface area contributed by atoms with Gasteiger partial charge >= 0.3 is 11.9 Å². The number of nitro benzene ring substituents is 1. The highest BCUT2D eigenvalue weighted by molar-refractivity contribution is 7.99. The van der Waals surface area contributed by atoms with Crippen LogP contribution in [0.3, 0.4) is 0 Å². The molecule has 1 heterocycles. The molecule has 0 aliphatic rings. The number of rotatable bonds is 3. The second kappa shape index (κ2) is 5.68. The van der Waals surface area contributed by atoms with Crippen molar-refractivity contribution in [2.45, 2.75) is 16.1 Å². The Balaban J connectivity index is 2.31. The Morgan fingerprint density at radius 3 is 2.43 bits per heavy atom. The van der Waals surface area contributed by atoms with Crippen LogP contribution in [0, 0.1) is 15.9 Å². The number of para-hydroxylation sites is 1. The Kier molecular flexibility index (Phi) is 4.12. The van der Waals surface area contributed by atoms with Gasteiger partial charge in [0.1, 0.15) is 5.03 Å². The minimum atomic E-state index is -4.51. The number of nitro groups is 1. The Morgan fingerprint density at radius 1 is 1.19 bits per heavy atom. The second-order valence-corrected chi connectivity index (χ2v) is 4.89. The monoisotopic (exact) mass is 318 g/mol. The minimum absolute atomic E-state index is 0.0349. The Labute approximate surface area is 120 Å². The summed E-state index contributed by atoms with van der Waals surface area (Å²) in [5.74, 6) is -1.02. The van der Waals surface area contributed by atoms with Crippen LogP contribution in [0.15, 0.2) is 46.5 Å². The molecular formula is C12H6F4N2O2S. The fraction of sp³-hybridized carbons (Fsp3) is 0.0833. The summed E-state index contributed by atoms with van der Waals surface area (Å²) in [7, 11) is 0. The summed E-state index contributed by atoms with van der Waals surface area (Å²) in [6.07, 6.45) is -3.89. The first-order valence-corrected chi connectivity index (χ1v) is 6.24. The number of hydrogen-bond acceptors (Lipinski definition) is 4. The highest BCUT2D eigenvalue weighted by Gasteiger charge is 2.30. The van der Waals surface area contributed by atoms with Crippen LogP contribution in [0.5, 0.6) is 0 Å². The standard InChI is InChI=1S/C12H6F4N2O2S/c13-8-2-1-3-9(11(8)18(19)20)21-10-5-4-7(6-17-10)12(14,15)16/h1-6H. The Bertz CT molecular complexity index is 674. The number of nitrogens with zero attached hydrogens (tertiary/aromatic N) is 2. The number of alkyl halides is 3. The highest BCUT2D eigenvalue weighted by Crippen LogP contribution is 2.36. The van der Waals surface area contributed by atoms with E-state index in [9.17, 15) is 27.7 Å². The van der Waals surface area contributed by atoms with E-state index in [1.165, 1.54) is 12.1 Å². The van der Waals surface area contributed by atoms with Gasteiger partial charge < -0.3 is 0 Å². The molecule has 0 spiro atoms. The lowest BCUT2D eigenvalue weighted by Crippen LogP contribution is -2.05. The molecule has 0 N–H and O–H groups in total. The summed E-state index contributed by atoms with van der Waals surface area (Å²) < 4.78 is 50.6. The molecule has 0 saturated carbocycles. The molecular weight excluding hydrogens is 312 g/mol. The van der Waals surface area contributed by atoms with Gasteiger partial charge in [-0.05, 0) is 24.3 Å². The molecule has 9 heteroatoms. The van der Waals surface area contributed by atoms with Gasteiger partial charge in [0.25, 0.3) is 0 Å². The Hall–Kier alpha value is -2.16. The van der Waals surface area contributed by atoms with Gasteiger partial charge in [-0.2, -0.15) is 17.6 Å². The van der Waals surface area contributed by atoms with Crippen molar-refractivity contribution in [3.63, 3.8) is 0 Å². The van der Waals surface area contributed by atoms with E-state index in [0.717, 1.165) is 18.2 Å². The molecule has 0 aliphatic carbocycles. The predicted molar refractivity (Wildman–Crippen MR) is 66.4 cm³/mol. The number of halogens is 4. The van der Waals surface area contributed by atoms with Gasteiger partial charge in [0.15, 0.2) is 0 Å². The van der Waals surface area contributed by atoms with E-state index >= 15 is 0 Å². The van der Waals surface area contributed by atoms with E-state index in [2.05, 4.69) is 4.98 Å². The molecule has 0 bridgehead atoms. The molecule has 0 aliphatic heterocycles.